The van der Waals surface area contributed by atoms with Gasteiger partial charge in [-0.15, -0.1) is 0 Å². The lowest BCUT2D eigenvalue weighted by atomic mass is 10.2. The van der Waals surface area contributed by atoms with Gasteiger partial charge in [0.25, 0.3) is 5.91 Å². The number of amides is 1. The standard InChI is InChI=1S/C18H19ClN2O4/c1-3-24-16-9-4-13(10-17(16)23-2)11-20-21-18(22)12-25-15-7-5-14(19)6-8-15/h4-11H,3,12H2,1-2H3,(H,21,22)/b20-11-. The maximum Gasteiger partial charge on any atom is 0.277 e. The molecule has 0 atom stereocenters. The lowest BCUT2D eigenvalue weighted by Crippen LogP contribution is -2.24. The Morgan fingerprint density at radius 1 is 1.16 bits per heavy atom. The van der Waals surface area contributed by atoms with E-state index >= 15 is 0 Å². The van der Waals surface area contributed by atoms with Crippen LogP contribution < -0.4 is 19.6 Å². The van der Waals surface area contributed by atoms with Gasteiger partial charge in [0.15, 0.2) is 18.1 Å². The highest BCUT2D eigenvalue weighted by molar-refractivity contribution is 6.30. The van der Waals surface area contributed by atoms with Crippen LogP contribution in [0.5, 0.6) is 17.2 Å². The summed E-state index contributed by atoms with van der Waals surface area (Å²) in [5, 5.41) is 4.50. The molecule has 0 radical (unpaired) electrons. The van der Waals surface area contributed by atoms with Crippen molar-refractivity contribution in [1.82, 2.24) is 5.43 Å². The molecule has 0 saturated heterocycles. The highest BCUT2D eigenvalue weighted by Crippen LogP contribution is 2.27. The first kappa shape index (κ1) is 18.6. The molecule has 0 aromatic heterocycles. The van der Waals surface area contributed by atoms with Crippen LogP contribution in [-0.4, -0.2) is 32.4 Å². The number of carbonyl (C=O) groups excluding carboxylic acids is 1. The lowest BCUT2D eigenvalue weighted by Gasteiger charge is -2.09. The van der Waals surface area contributed by atoms with Crippen molar-refractivity contribution in [3.63, 3.8) is 0 Å². The van der Waals surface area contributed by atoms with Crippen LogP contribution in [0.25, 0.3) is 0 Å². The molecule has 0 aliphatic heterocycles. The van der Waals surface area contributed by atoms with Crippen LogP contribution >= 0.6 is 11.6 Å². The molecule has 6 nitrogen and oxygen atoms in total. The van der Waals surface area contributed by atoms with E-state index < -0.39 is 0 Å². The first-order chi connectivity index (χ1) is 12.1. The molecule has 7 heteroatoms. The quantitative estimate of drug-likeness (QED) is 0.578. The van der Waals surface area contributed by atoms with Crippen molar-refractivity contribution in [2.24, 2.45) is 5.10 Å². The third-order valence-electron chi connectivity index (χ3n) is 3.07. The van der Waals surface area contributed by atoms with Gasteiger partial charge in [0.1, 0.15) is 5.75 Å². The SMILES string of the molecule is CCOc1ccc(/C=N\NC(=O)COc2ccc(Cl)cc2)cc1OC. The van der Waals surface area contributed by atoms with Gasteiger partial charge in [-0.25, -0.2) is 5.43 Å². The highest BCUT2D eigenvalue weighted by atomic mass is 35.5. The Hall–Kier alpha value is -2.73. The van der Waals surface area contributed by atoms with Crippen LogP contribution in [0.3, 0.4) is 0 Å². The molecule has 1 amide bonds. The number of carbonyl (C=O) groups is 1. The Balaban J connectivity index is 1.85. The van der Waals surface area contributed by atoms with Crippen molar-refractivity contribution in [3.05, 3.63) is 53.1 Å². The molecule has 0 bridgehead atoms. The van der Waals surface area contributed by atoms with E-state index in [1.807, 2.05) is 13.0 Å². The second-order valence-corrected chi connectivity index (χ2v) is 5.32. The molecular weight excluding hydrogens is 344 g/mol. The van der Waals surface area contributed by atoms with E-state index in [4.69, 9.17) is 25.8 Å². The number of rotatable bonds is 8. The molecule has 2 aromatic carbocycles. The number of hydrogen-bond donors (Lipinski definition) is 1. The Labute approximate surface area is 151 Å². The molecule has 0 fully saturated rings. The number of nitrogens with zero attached hydrogens (tertiary/aromatic N) is 1. The number of halogens is 1. The van der Waals surface area contributed by atoms with E-state index in [0.717, 1.165) is 5.56 Å². The molecule has 0 aliphatic rings. The molecule has 1 N–H and O–H groups in total. The number of hydrogen-bond acceptors (Lipinski definition) is 5. The van der Waals surface area contributed by atoms with Crippen LogP contribution in [0.15, 0.2) is 47.6 Å². The molecule has 0 saturated carbocycles. The van der Waals surface area contributed by atoms with Gasteiger partial charge in [-0.3, -0.25) is 4.79 Å². The first-order valence-electron chi connectivity index (χ1n) is 7.63. The van der Waals surface area contributed by atoms with Gasteiger partial charge in [0, 0.05) is 5.02 Å². The summed E-state index contributed by atoms with van der Waals surface area (Å²) in [5.41, 5.74) is 3.16. The van der Waals surface area contributed by atoms with Crippen molar-refractivity contribution in [2.45, 2.75) is 6.92 Å². The zero-order valence-electron chi connectivity index (χ0n) is 14.0. The zero-order chi connectivity index (χ0) is 18.1. The zero-order valence-corrected chi connectivity index (χ0v) is 14.7. The average Bonchev–Trinajstić information content (AvgIpc) is 2.62. The molecule has 2 aromatic rings. The fourth-order valence-corrected chi connectivity index (χ4v) is 2.06. The summed E-state index contributed by atoms with van der Waals surface area (Å²) in [6.45, 7) is 2.30. The summed E-state index contributed by atoms with van der Waals surface area (Å²) in [5.74, 6) is 1.44. The Morgan fingerprint density at radius 3 is 2.60 bits per heavy atom. The number of hydrazone groups is 1. The Bertz CT molecular complexity index is 732. The number of nitrogens with one attached hydrogen (secondary N) is 1. The van der Waals surface area contributed by atoms with E-state index in [1.165, 1.54) is 6.21 Å². The fourth-order valence-electron chi connectivity index (χ4n) is 1.93. The van der Waals surface area contributed by atoms with Gasteiger partial charge < -0.3 is 14.2 Å². The van der Waals surface area contributed by atoms with E-state index in [-0.39, 0.29) is 12.5 Å². The van der Waals surface area contributed by atoms with Crippen LogP contribution in [-0.2, 0) is 4.79 Å². The third-order valence-corrected chi connectivity index (χ3v) is 3.33. The normalized spacial score (nSPS) is 10.5. The summed E-state index contributed by atoms with van der Waals surface area (Å²) in [7, 11) is 1.56. The smallest absolute Gasteiger partial charge is 0.277 e. The maximum absolute atomic E-state index is 11.7. The van der Waals surface area contributed by atoms with Crippen LogP contribution in [0, 0.1) is 0 Å². The van der Waals surface area contributed by atoms with Gasteiger partial charge in [0.2, 0.25) is 0 Å². The van der Waals surface area contributed by atoms with Crippen LogP contribution in [0.2, 0.25) is 5.02 Å². The molecule has 132 valence electrons. The van der Waals surface area contributed by atoms with E-state index in [0.29, 0.717) is 28.9 Å². The predicted octanol–water partition coefficient (Wildman–Crippen LogP) is 3.28. The predicted molar refractivity (Wildman–Crippen MR) is 96.8 cm³/mol. The minimum absolute atomic E-state index is 0.147. The topological polar surface area (TPSA) is 69.2 Å². The Kier molecular flexibility index (Phi) is 7.10. The number of ether oxygens (including phenoxy) is 3. The monoisotopic (exact) mass is 362 g/mol. The van der Waals surface area contributed by atoms with Gasteiger partial charge in [-0.2, -0.15) is 5.10 Å². The fraction of sp³-hybridized carbons (Fsp3) is 0.222. The summed E-state index contributed by atoms with van der Waals surface area (Å²) in [6.07, 6.45) is 1.51. The number of methoxy groups -OCH3 is 1. The molecular formula is C18H19ClN2O4. The molecule has 0 spiro atoms. The van der Waals surface area contributed by atoms with Gasteiger partial charge in [-0.05, 0) is 55.0 Å². The van der Waals surface area contributed by atoms with Gasteiger partial charge in [-0.1, -0.05) is 11.6 Å². The molecule has 2 rings (SSSR count). The first-order valence-corrected chi connectivity index (χ1v) is 8.01. The summed E-state index contributed by atoms with van der Waals surface area (Å²) in [6, 6.07) is 12.1. The minimum Gasteiger partial charge on any atom is -0.493 e. The number of benzene rings is 2. The highest BCUT2D eigenvalue weighted by Gasteiger charge is 2.05. The van der Waals surface area contributed by atoms with Crippen molar-refractivity contribution in [3.8, 4) is 17.2 Å². The molecule has 0 heterocycles. The van der Waals surface area contributed by atoms with Crippen molar-refractivity contribution >= 4 is 23.7 Å². The second kappa shape index (κ2) is 9.54. The van der Waals surface area contributed by atoms with E-state index in [2.05, 4.69) is 10.5 Å². The van der Waals surface area contributed by atoms with Crippen LogP contribution in [0.4, 0.5) is 0 Å². The van der Waals surface area contributed by atoms with Crippen molar-refractivity contribution < 1.29 is 19.0 Å². The summed E-state index contributed by atoms with van der Waals surface area (Å²) in [4.78, 5) is 11.7. The van der Waals surface area contributed by atoms with Gasteiger partial charge >= 0.3 is 0 Å². The average molecular weight is 363 g/mol. The van der Waals surface area contributed by atoms with E-state index in [9.17, 15) is 4.79 Å². The third kappa shape index (κ3) is 6.00. The summed E-state index contributed by atoms with van der Waals surface area (Å²) < 4.78 is 16.0. The largest absolute Gasteiger partial charge is 0.493 e. The van der Waals surface area contributed by atoms with Gasteiger partial charge in [0.05, 0.1) is 19.9 Å². The minimum atomic E-state index is -0.371. The van der Waals surface area contributed by atoms with Crippen LogP contribution in [0.1, 0.15) is 12.5 Å². The molecule has 0 aliphatic carbocycles. The molecule has 25 heavy (non-hydrogen) atoms. The summed E-state index contributed by atoms with van der Waals surface area (Å²) >= 11 is 5.78. The van der Waals surface area contributed by atoms with Crippen molar-refractivity contribution in [1.29, 1.82) is 0 Å². The lowest BCUT2D eigenvalue weighted by molar-refractivity contribution is -0.123. The second-order valence-electron chi connectivity index (χ2n) is 4.88. The Morgan fingerprint density at radius 2 is 1.92 bits per heavy atom. The molecule has 0 unspecified atom stereocenters. The van der Waals surface area contributed by atoms with E-state index in [1.54, 1.807) is 43.5 Å². The maximum atomic E-state index is 11.7. The van der Waals surface area contributed by atoms with Crippen molar-refractivity contribution in [2.75, 3.05) is 20.3 Å².